The molecule has 0 radical (unpaired) electrons. The van der Waals surface area contributed by atoms with Gasteiger partial charge in [0.15, 0.2) is 0 Å². The largest absolute Gasteiger partial charge is 0.502 e. The summed E-state index contributed by atoms with van der Waals surface area (Å²) in [6, 6.07) is 3.97. The van der Waals surface area contributed by atoms with Gasteiger partial charge >= 0.3 is 5.69 Å². The lowest BCUT2D eigenvalue weighted by molar-refractivity contribution is -0.385. The number of phenolic OH excluding ortho intramolecular Hbond substituents is 1. The van der Waals surface area contributed by atoms with Crippen LogP contribution in [0.2, 0.25) is 0 Å². The standard InChI is InChI=1S/C15H20N2O4/c1-10(11-6-3-2-4-7-11)16-15(19)12-8-5-9-13(14(12)18)17(20)21/h5,8-11,18H,2-4,6-7H2,1H3,(H,16,19). The minimum atomic E-state index is -0.698. The van der Waals surface area contributed by atoms with Crippen LogP contribution in [0.5, 0.6) is 5.75 Å². The van der Waals surface area contributed by atoms with E-state index < -0.39 is 22.3 Å². The van der Waals surface area contributed by atoms with Gasteiger partial charge in [0, 0.05) is 12.1 Å². The second kappa shape index (κ2) is 6.56. The van der Waals surface area contributed by atoms with Gasteiger partial charge in [-0.25, -0.2) is 0 Å². The van der Waals surface area contributed by atoms with E-state index >= 15 is 0 Å². The molecular weight excluding hydrogens is 272 g/mol. The van der Waals surface area contributed by atoms with E-state index in [1.807, 2.05) is 6.92 Å². The number of nitro benzene ring substituents is 1. The summed E-state index contributed by atoms with van der Waals surface area (Å²) in [5.41, 5.74) is -0.500. The molecule has 6 heteroatoms. The SMILES string of the molecule is CC(NC(=O)c1cccc([N+](=O)[O-])c1O)C1CCCCC1. The first-order valence-corrected chi connectivity index (χ1v) is 7.28. The molecule has 1 aromatic rings. The first-order valence-electron chi connectivity index (χ1n) is 7.28. The fourth-order valence-corrected chi connectivity index (χ4v) is 2.90. The third kappa shape index (κ3) is 3.51. The molecule has 1 aliphatic rings. The Bertz CT molecular complexity index is 538. The highest BCUT2D eigenvalue weighted by Crippen LogP contribution is 2.30. The highest BCUT2D eigenvalue weighted by atomic mass is 16.6. The molecule has 0 aromatic heterocycles. The van der Waals surface area contributed by atoms with Crippen LogP contribution in [0.15, 0.2) is 18.2 Å². The van der Waals surface area contributed by atoms with Gasteiger partial charge in [-0.1, -0.05) is 25.3 Å². The Morgan fingerprint density at radius 3 is 2.67 bits per heavy atom. The van der Waals surface area contributed by atoms with E-state index in [2.05, 4.69) is 5.32 Å². The third-order valence-electron chi connectivity index (χ3n) is 4.17. The first kappa shape index (κ1) is 15.3. The van der Waals surface area contributed by atoms with E-state index in [1.54, 1.807) is 0 Å². The normalized spacial score (nSPS) is 17.2. The molecule has 0 spiro atoms. The van der Waals surface area contributed by atoms with Crippen molar-refractivity contribution in [2.75, 3.05) is 0 Å². The van der Waals surface area contributed by atoms with E-state index in [4.69, 9.17) is 0 Å². The fourth-order valence-electron chi connectivity index (χ4n) is 2.90. The number of hydrogen-bond donors (Lipinski definition) is 2. The van der Waals surface area contributed by atoms with Gasteiger partial charge in [-0.15, -0.1) is 0 Å². The first-order chi connectivity index (χ1) is 10.0. The lowest BCUT2D eigenvalue weighted by atomic mass is 9.84. The molecule has 114 valence electrons. The second-order valence-electron chi connectivity index (χ2n) is 5.59. The molecule has 1 atom stereocenters. The van der Waals surface area contributed by atoms with Crippen LogP contribution in [0.4, 0.5) is 5.69 Å². The van der Waals surface area contributed by atoms with Gasteiger partial charge in [-0.2, -0.15) is 0 Å². The molecule has 1 amide bonds. The number of benzene rings is 1. The molecule has 1 aromatic carbocycles. The Morgan fingerprint density at radius 1 is 1.38 bits per heavy atom. The van der Waals surface area contributed by atoms with Crippen molar-refractivity contribution in [3.8, 4) is 5.75 Å². The summed E-state index contributed by atoms with van der Waals surface area (Å²) in [5, 5.41) is 23.5. The number of phenols is 1. The zero-order chi connectivity index (χ0) is 15.4. The molecule has 6 nitrogen and oxygen atoms in total. The van der Waals surface area contributed by atoms with Crippen molar-refractivity contribution in [2.24, 2.45) is 5.92 Å². The van der Waals surface area contributed by atoms with Crippen LogP contribution >= 0.6 is 0 Å². The summed E-state index contributed by atoms with van der Waals surface area (Å²) < 4.78 is 0. The minimum Gasteiger partial charge on any atom is -0.502 e. The number of nitrogens with zero attached hydrogens (tertiary/aromatic N) is 1. The number of para-hydroxylation sites is 1. The summed E-state index contributed by atoms with van der Waals surface area (Å²) in [5.74, 6) is -0.603. The number of rotatable bonds is 4. The number of hydrogen-bond acceptors (Lipinski definition) is 4. The molecule has 2 rings (SSSR count). The van der Waals surface area contributed by atoms with Gasteiger partial charge in [0.05, 0.1) is 10.5 Å². The second-order valence-corrected chi connectivity index (χ2v) is 5.59. The minimum absolute atomic E-state index is 0.00328. The molecule has 0 heterocycles. The summed E-state index contributed by atoms with van der Waals surface area (Å²) in [4.78, 5) is 22.3. The summed E-state index contributed by atoms with van der Waals surface area (Å²) in [6.45, 7) is 1.95. The van der Waals surface area contributed by atoms with E-state index in [0.717, 1.165) is 12.8 Å². The third-order valence-corrected chi connectivity index (χ3v) is 4.17. The fraction of sp³-hybridized carbons (Fsp3) is 0.533. The van der Waals surface area contributed by atoms with Crippen molar-refractivity contribution in [1.29, 1.82) is 0 Å². The smallest absolute Gasteiger partial charge is 0.311 e. The zero-order valence-corrected chi connectivity index (χ0v) is 12.0. The maximum atomic E-state index is 12.2. The van der Waals surface area contributed by atoms with Crippen molar-refractivity contribution in [1.82, 2.24) is 5.32 Å². The average molecular weight is 292 g/mol. The molecule has 0 bridgehead atoms. The van der Waals surface area contributed by atoms with Crippen molar-refractivity contribution in [2.45, 2.75) is 45.1 Å². The van der Waals surface area contributed by atoms with Crippen molar-refractivity contribution in [3.05, 3.63) is 33.9 Å². The van der Waals surface area contributed by atoms with Gasteiger partial charge < -0.3 is 10.4 Å². The molecule has 1 unspecified atom stereocenters. The van der Waals surface area contributed by atoms with Crippen LogP contribution < -0.4 is 5.32 Å². The predicted octanol–water partition coefficient (Wildman–Crippen LogP) is 3.00. The molecule has 1 aliphatic carbocycles. The quantitative estimate of drug-likeness (QED) is 0.659. The van der Waals surface area contributed by atoms with Gasteiger partial charge in [-0.05, 0) is 31.7 Å². The topological polar surface area (TPSA) is 92.5 Å². The summed E-state index contributed by atoms with van der Waals surface area (Å²) in [6.07, 6.45) is 5.76. The maximum absolute atomic E-state index is 12.2. The Hall–Kier alpha value is -2.11. The molecular formula is C15H20N2O4. The van der Waals surface area contributed by atoms with Crippen LogP contribution in [-0.4, -0.2) is 22.0 Å². The molecule has 0 aliphatic heterocycles. The van der Waals surface area contributed by atoms with Gasteiger partial charge in [0.2, 0.25) is 5.75 Å². The van der Waals surface area contributed by atoms with E-state index in [1.165, 1.54) is 37.5 Å². The highest BCUT2D eigenvalue weighted by Gasteiger charge is 2.25. The number of carbonyl (C=O) groups excluding carboxylic acids is 1. The van der Waals surface area contributed by atoms with Gasteiger partial charge in [-0.3, -0.25) is 14.9 Å². The Morgan fingerprint density at radius 2 is 2.05 bits per heavy atom. The van der Waals surface area contributed by atoms with Crippen LogP contribution in [-0.2, 0) is 0 Å². The monoisotopic (exact) mass is 292 g/mol. The van der Waals surface area contributed by atoms with Gasteiger partial charge in [0.1, 0.15) is 0 Å². The van der Waals surface area contributed by atoms with Crippen molar-refractivity contribution >= 4 is 11.6 Å². The van der Waals surface area contributed by atoms with Crippen molar-refractivity contribution in [3.63, 3.8) is 0 Å². The Labute approximate surface area is 123 Å². The predicted molar refractivity (Wildman–Crippen MR) is 78.3 cm³/mol. The molecule has 1 fully saturated rings. The maximum Gasteiger partial charge on any atom is 0.311 e. The van der Waals surface area contributed by atoms with E-state index in [-0.39, 0.29) is 11.6 Å². The highest BCUT2D eigenvalue weighted by molar-refractivity contribution is 5.98. The van der Waals surface area contributed by atoms with Crippen LogP contribution in [0.3, 0.4) is 0 Å². The van der Waals surface area contributed by atoms with E-state index in [9.17, 15) is 20.0 Å². The molecule has 2 N–H and O–H groups in total. The lowest BCUT2D eigenvalue weighted by Gasteiger charge is -2.28. The van der Waals surface area contributed by atoms with Crippen LogP contribution in [0, 0.1) is 16.0 Å². The number of amides is 1. The molecule has 1 saturated carbocycles. The van der Waals surface area contributed by atoms with Crippen LogP contribution in [0.1, 0.15) is 49.4 Å². The van der Waals surface area contributed by atoms with E-state index in [0.29, 0.717) is 5.92 Å². The average Bonchev–Trinajstić information content (AvgIpc) is 2.47. The van der Waals surface area contributed by atoms with Crippen molar-refractivity contribution < 1.29 is 14.8 Å². The Kier molecular flexibility index (Phi) is 4.77. The van der Waals surface area contributed by atoms with Gasteiger partial charge in [0.25, 0.3) is 5.91 Å². The number of nitrogens with one attached hydrogen (secondary N) is 1. The number of carbonyl (C=O) groups is 1. The number of aromatic hydroxyl groups is 1. The molecule has 0 saturated heterocycles. The lowest BCUT2D eigenvalue weighted by Crippen LogP contribution is -2.38. The van der Waals surface area contributed by atoms with Crippen LogP contribution in [0.25, 0.3) is 0 Å². The Balaban J connectivity index is 2.09. The number of nitro groups is 1. The molecule has 21 heavy (non-hydrogen) atoms. The summed E-state index contributed by atoms with van der Waals surface area (Å²) >= 11 is 0. The zero-order valence-electron chi connectivity index (χ0n) is 12.0. The summed E-state index contributed by atoms with van der Waals surface area (Å²) in [7, 11) is 0.